The molecule has 2 N–H and O–H groups in total. The van der Waals surface area contributed by atoms with E-state index in [1.54, 1.807) is 37.6 Å². The van der Waals surface area contributed by atoms with Gasteiger partial charge in [0.05, 0.1) is 25.8 Å². The molecule has 0 atom stereocenters. The zero-order chi connectivity index (χ0) is 30.5. The van der Waals surface area contributed by atoms with Gasteiger partial charge in [0.1, 0.15) is 22.7 Å². The van der Waals surface area contributed by atoms with Crippen LogP contribution in [0.1, 0.15) is 37.3 Å². The molecule has 0 spiro atoms. The fourth-order valence-corrected chi connectivity index (χ4v) is 5.62. The van der Waals surface area contributed by atoms with Crippen LogP contribution in [0.4, 0.5) is 11.4 Å². The Bertz CT molecular complexity index is 1650. The largest absolute Gasteiger partial charge is 0.496 e. The Morgan fingerprint density at radius 1 is 0.932 bits per heavy atom. The number of pyridine rings is 1. The van der Waals surface area contributed by atoms with Crippen molar-refractivity contribution < 1.29 is 23.8 Å². The van der Waals surface area contributed by atoms with E-state index in [0.717, 1.165) is 73.5 Å². The number of ether oxygens (including phenoxy) is 3. The van der Waals surface area contributed by atoms with Gasteiger partial charge in [-0.05, 0) is 78.9 Å². The Hall–Kier alpha value is -4.47. The Balaban J connectivity index is 1.09. The van der Waals surface area contributed by atoms with Crippen molar-refractivity contribution >= 4 is 34.1 Å². The van der Waals surface area contributed by atoms with Gasteiger partial charge in [0.25, 0.3) is 0 Å². The van der Waals surface area contributed by atoms with Crippen molar-refractivity contribution in [2.75, 3.05) is 44.0 Å². The predicted molar refractivity (Wildman–Crippen MR) is 170 cm³/mol. The Kier molecular flexibility index (Phi) is 8.77. The number of carbonyl (C=O) groups is 2. The maximum absolute atomic E-state index is 13.3. The van der Waals surface area contributed by atoms with Crippen molar-refractivity contribution in [1.29, 1.82) is 0 Å². The lowest BCUT2D eigenvalue weighted by molar-refractivity contribution is -0.131. The molecule has 4 aromatic rings. The minimum atomic E-state index is -1.07. The lowest BCUT2D eigenvalue weighted by Crippen LogP contribution is -2.36. The molecule has 2 aliphatic rings. The Morgan fingerprint density at radius 3 is 2.39 bits per heavy atom. The van der Waals surface area contributed by atoms with Crippen LogP contribution < -0.4 is 20.1 Å². The molecule has 0 radical (unpaired) electrons. The summed E-state index contributed by atoms with van der Waals surface area (Å²) in [6.45, 7) is 6.19. The zero-order valence-electron chi connectivity index (χ0n) is 25.2. The molecule has 0 bridgehead atoms. The monoisotopic (exact) mass is 594 g/mol. The number of amides is 2. The number of anilines is 2. The number of fused-ring (bicyclic) bond motifs is 1. The molecule has 9 heteroatoms. The number of aryl methyl sites for hydroxylation is 1. The number of morpholine rings is 1. The van der Waals surface area contributed by atoms with Gasteiger partial charge in [-0.2, -0.15) is 0 Å². The predicted octanol–water partition coefficient (Wildman–Crippen LogP) is 6.18. The number of rotatable bonds is 11. The van der Waals surface area contributed by atoms with Crippen LogP contribution in [-0.4, -0.2) is 55.1 Å². The van der Waals surface area contributed by atoms with E-state index in [-0.39, 0.29) is 11.8 Å². The van der Waals surface area contributed by atoms with Crippen LogP contribution in [0.25, 0.3) is 10.9 Å². The van der Waals surface area contributed by atoms with E-state index >= 15 is 0 Å². The number of methoxy groups -OCH3 is 1. The second-order valence-electron chi connectivity index (χ2n) is 11.4. The van der Waals surface area contributed by atoms with Crippen molar-refractivity contribution in [3.8, 4) is 17.2 Å². The van der Waals surface area contributed by atoms with Crippen LogP contribution in [0.15, 0.2) is 72.9 Å². The van der Waals surface area contributed by atoms with E-state index in [2.05, 4.69) is 39.6 Å². The van der Waals surface area contributed by atoms with Crippen molar-refractivity contribution in [3.63, 3.8) is 0 Å². The molecule has 2 fully saturated rings. The summed E-state index contributed by atoms with van der Waals surface area (Å²) in [6.07, 6.45) is 4.63. The van der Waals surface area contributed by atoms with Crippen LogP contribution >= 0.6 is 0 Å². The van der Waals surface area contributed by atoms with Crippen molar-refractivity contribution in [3.05, 3.63) is 84.1 Å². The fraction of sp³-hybridized carbons (Fsp3) is 0.343. The molecule has 0 unspecified atom stereocenters. The van der Waals surface area contributed by atoms with Gasteiger partial charge in [-0.15, -0.1) is 0 Å². The first-order valence-electron chi connectivity index (χ1n) is 15.2. The first kappa shape index (κ1) is 29.6. The maximum atomic E-state index is 13.3. The van der Waals surface area contributed by atoms with Gasteiger partial charge in [-0.3, -0.25) is 19.5 Å². The third-order valence-corrected chi connectivity index (χ3v) is 8.28. The fourth-order valence-electron chi connectivity index (χ4n) is 5.62. The molecule has 44 heavy (non-hydrogen) atoms. The SMILES string of the molecule is CCCc1cc2c(Oc3ccc(NC(=O)C4(C(=O)Nc5cccc(CN6CCOCC6)c5)CC4)cc3)ccnc2cc1OC. The standard InChI is InChI=1S/C35H38N4O5/c1-3-5-25-21-29-30(22-32(25)42-2)36-15-12-31(29)44-28-10-8-26(9-11-28)37-33(40)35(13-14-35)34(41)38-27-7-4-6-24(20-27)23-39-16-18-43-19-17-39/h4,6-12,15,20-22H,3,5,13-14,16-19,23H2,1-2H3,(H,37,40)(H,38,41). The second kappa shape index (κ2) is 13.0. The summed E-state index contributed by atoms with van der Waals surface area (Å²) < 4.78 is 17.2. The number of hydrogen-bond donors (Lipinski definition) is 2. The molecule has 2 heterocycles. The quantitative estimate of drug-likeness (QED) is 0.200. The molecule has 1 saturated heterocycles. The van der Waals surface area contributed by atoms with Gasteiger partial charge < -0.3 is 24.8 Å². The van der Waals surface area contributed by atoms with Crippen molar-refractivity contribution in [1.82, 2.24) is 9.88 Å². The molecule has 1 aliphatic heterocycles. The molecule has 1 aromatic heterocycles. The van der Waals surface area contributed by atoms with Gasteiger partial charge in [-0.1, -0.05) is 25.5 Å². The van der Waals surface area contributed by atoms with Gasteiger partial charge in [0.2, 0.25) is 11.8 Å². The summed E-state index contributed by atoms with van der Waals surface area (Å²) in [5.41, 5.74) is 3.25. The molecule has 1 saturated carbocycles. The highest BCUT2D eigenvalue weighted by atomic mass is 16.5. The summed E-state index contributed by atoms with van der Waals surface area (Å²) in [4.78, 5) is 33.4. The van der Waals surface area contributed by atoms with Gasteiger partial charge >= 0.3 is 0 Å². The molecular weight excluding hydrogens is 556 g/mol. The van der Waals surface area contributed by atoms with Crippen LogP contribution in [0.3, 0.4) is 0 Å². The first-order valence-corrected chi connectivity index (χ1v) is 15.2. The minimum Gasteiger partial charge on any atom is -0.496 e. The molecule has 228 valence electrons. The number of nitrogens with one attached hydrogen (secondary N) is 2. The lowest BCUT2D eigenvalue weighted by atomic mass is 10.0. The molecule has 3 aromatic carbocycles. The Labute approximate surface area is 257 Å². The smallest absolute Gasteiger partial charge is 0.240 e. The van der Waals surface area contributed by atoms with E-state index in [1.807, 2.05) is 30.3 Å². The summed E-state index contributed by atoms with van der Waals surface area (Å²) in [7, 11) is 1.67. The Morgan fingerprint density at radius 2 is 1.68 bits per heavy atom. The molecule has 2 amide bonds. The number of aromatic nitrogens is 1. The molecular formula is C35H38N4O5. The third-order valence-electron chi connectivity index (χ3n) is 8.28. The number of hydrogen-bond acceptors (Lipinski definition) is 7. The zero-order valence-corrected chi connectivity index (χ0v) is 25.2. The first-order chi connectivity index (χ1) is 21.5. The van der Waals surface area contributed by atoms with E-state index in [0.29, 0.717) is 35.7 Å². The number of carbonyl (C=O) groups excluding carboxylic acids is 2. The third kappa shape index (κ3) is 6.54. The van der Waals surface area contributed by atoms with Crippen LogP contribution in [-0.2, 0) is 27.3 Å². The molecule has 6 rings (SSSR count). The van der Waals surface area contributed by atoms with E-state index in [9.17, 15) is 9.59 Å². The van der Waals surface area contributed by atoms with Crippen molar-refractivity contribution in [2.24, 2.45) is 5.41 Å². The van der Waals surface area contributed by atoms with Crippen LogP contribution in [0.5, 0.6) is 17.2 Å². The molecule has 1 aliphatic carbocycles. The lowest BCUT2D eigenvalue weighted by Gasteiger charge is -2.26. The van der Waals surface area contributed by atoms with Crippen molar-refractivity contribution in [2.45, 2.75) is 39.2 Å². The highest BCUT2D eigenvalue weighted by Gasteiger charge is 2.56. The summed E-state index contributed by atoms with van der Waals surface area (Å²) in [6, 6.07) is 20.9. The molecule has 9 nitrogen and oxygen atoms in total. The summed E-state index contributed by atoms with van der Waals surface area (Å²) >= 11 is 0. The van der Waals surface area contributed by atoms with Crippen LogP contribution in [0, 0.1) is 5.41 Å². The average Bonchev–Trinajstić information content (AvgIpc) is 3.86. The normalized spacial score (nSPS) is 15.9. The van der Waals surface area contributed by atoms with E-state index in [1.165, 1.54) is 0 Å². The maximum Gasteiger partial charge on any atom is 0.240 e. The van der Waals surface area contributed by atoms with Gasteiger partial charge in [0, 0.05) is 48.7 Å². The topological polar surface area (TPSA) is 102 Å². The van der Waals surface area contributed by atoms with Crippen LogP contribution in [0.2, 0.25) is 0 Å². The second-order valence-corrected chi connectivity index (χ2v) is 11.4. The highest BCUT2D eigenvalue weighted by Crippen LogP contribution is 2.47. The number of nitrogens with zero attached hydrogens (tertiary/aromatic N) is 2. The highest BCUT2D eigenvalue weighted by molar-refractivity contribution is 6.16. The van der Waals surface area contributed by atoms with Gasteiger partial charge in [-0.25, -0.2) is 0 Å². The summed E-state index contributed by atoms with van der Waals surface area (Å²) in [5.74, 6) is 1.56. The van der Waals surface area contributed by atoms with E-state index < -0.39 is 5.41 Å². The average molecular weight is 595 g/mol. The number of benzene rings is 3. The van der Waals surface area contributed by atoms with Gasteiger partial charge in [0.15, 0.2) is 0 Å². The summed E-state index contributed by atoms with van der Waals surface area (Å²) in [5, 5.41) is 6.82. The minimum absolute atomic E-state index is 0.276. The van der Waals surface area contributed by atoms with E-state index in [4.69, 9.17) is 14.2 Å².